The van der Waals surface area contributed by atoms with Gasteiger partial charge in [-0.1, -0.05) is 0 Å². The molecule has 0 bridgehead atoms. The van der Waals surface area contributed by atoms with Crippen LogP contribution in [0.4, 0.5) is 8.78 Å². The average Bonchev–Trinajstić information content (AvgIpc) is 2.71. The molecule has 1 fully saturated rings. The molecule has 6 heteroatoms. The van der Waals surface area contributed by atoms with Crippen molar-refractivity contribution < 1.29 is 18.7 Å². The van der Waals surface area contributed by atoms with Crippen molar-refractivity contribution in [2.24, 2.45) is 5.92 Å². The molecule has 1 aliphatic carbocycles. The van der Waals surface area contributed by atoms with E-state index in [1.807, 2.05) is 12.1 Å². The molecule has 0 spiro atoms. The number of aliphatic carboxylic acids is 1. The van der Waals surface area contributed by atoms with Crippen LogP contribution in [0, 0.1) is 5.92 Å². The molecule has 0 aliphatic heterocycles. The fraction of sp³-hybridized carbons (Fsp3) is 0.545. The van der Waals surface area contributed by atoms with E-state index < -0.39 is 24.2 Å². The minimum absolute atomic E-state index is 0.217. The molecular formula is C11H11BrF2O2S. The van der Waals surface area contributed by atoms with Crippen LogP contribution in [0.1, 0.15) is 30.1 Å². The quantitative estimate of drug-likeness (QED) is 0.908. The van der Waals surface area contributed by atoms with Crippen LogP contribution in [-0.4, -0.2) is 17.0 Å². The maximum Gasteiger partial charge on any atom is 0.303 e. The highest BCUT2D eigenvalue weighted by Gasteiger charge is 2.49. The van der Waals surface area contributed by atoms with E-state index in [0.29, 0.717) is 0 Å². The molecule has 94 valence electrons. The highest BCUT2D eigenvalue weighted by molar-refractivity contribution is 9.11. The molecule has 17 heavy (non-hydrogen) atoms. The largest absolute Gasteiger partial charge is 0.481 e. The first-order valence-corrected chi connectivity index (χ1v) is 6.84. The highest BCUT2D eigenvalue weighted by atomic mass is 79.9. The molecule has 1 saturated carbocycles. The Morgan fingerprint density at radius 1 is 1.59 bits per heavy atom. The summed E-state index contributed by atoms with van der Waals surface area (Å²) in [5.41, 5.74) is 0. The van der Waals surface area contributed by atoms with Crippen LogP contribution in [0.3, 0.4) is 0 Å². The number of hydrogen-bond acceptors (Lipinski definition) is 2. The number of rotatable bonds is 3. The summed E-state index contributed by atoms with van der Waals surface area (Å²) >= 11 is 4.74. The summed E-state index contributed by atoms with van der Waals surface area (Å²) in [6, 6.07) is 3.67. The molecule has 0 radical (unpaired) electrons. The van der Waals surface area contributed by atoms with Gasteiger partial charge in [0.2, 0.25) is 0 Å². The van der Waals surface area contributed by atoms with Crippen molar-refractivity contribution in [2.75, 3.05) is 0 Å². The standard InChI is InChI=1S/C11H11BrF2O2S/c12-9-2-1-8(17-9)6-3-7(4-10(15)16)11(13,14)5-6/h1-2,6-7H,3-5H2,(H,15,16). The van der Waals surface area contributed by atoms with Gasteiger partial charge in [-0.25, -0.2) is 8.78 Å². The number of carbonyl (C=O) groups is 1. The van der Waals surface area contributed by atoms with Gasteiger partial charge in [-0.3, -0.25) is 4.79 Å². The van der Waals surface area contributed by atoms with Crippen LogP contribution in [0.2, 0.25) is 0 Å². The number of alkyl halides is 2. The fourth-order valence-corrected chi connectivity index (χ4v) is 3.84. The lowest BCUT2D eigenvalue weighted by Crippen LogP contribution is -2.24. The van der Waals surface area contributed by atoms with E-state index in [2.05, 4.69) is 15.9 Å². The van der Waals surface area contributed by atoms with Crippen molar-refractivity contribution >= 4 is 33.2 Å². The van der Waals surface area contributed by atoms with Crippen molar-refractivity contribution in [1.82, 2.24) is 0 Å². The lowest BCUT2D eigenvalue weighted by molar-refractivity contribution is -0.141. The lowest BCUT2D eigenvalue weighted by atomic mass is 9.99. The maximum absolute atomic E-state index is 13.6. The van der Waals surface area contributed by atoms with E-state index in [0.717, 1.165) is 8.66 Å². The van der Waals surface area contributed by atoms with E-state index in [1.54, 1.807) is 0 Å². The SMILES string of the molecule is O=C(O)CC1CC(c2ccc(Br)s2)CC1(F)F. The van der Waals surface area contributed by atoms with Gasteiger partial charge in [-0.05, 0) is 40.4 Å². The molecule has 0 saturated heterocycles. The third-order valence-electron chi connectivity index (χ3n) is 3.10. The van der Waals surface area contributed by atoms with Crippen LogP contribution in [0.15, 0.2) is 15.9 Å². The van der Waals surface area contributed by atoms with Gasteiger partial charge >= 0.3 is 5.97 Å². The van der Waals surface area contributed by atoms with Crippen LogP contribution in [0.5, 0.6) is 0 Å². The molecule has 2 rings (SSSR count). The number of halogens is 3. The Kier molecular flexibility index (Phi) is 3.54. The molecule has 0 aromatic carbocycles. The molecule has 2 nitrogen and oxygen atoms in total. The molecular weight excluding hydrogens is 314 g/mol. The normalized spacial score (nSPS) is 27.2. The van der Waals surface area contributed by atoms with Crippen molar-refractivity contribution in [3.05, 3.63) is 20.8 Å². The minimum atomic E-state index is -2.86. The minimum Gasteiger partial charge on any atom is -0.481 e. The first kappa shape index (κ1) is 13.0. The first-order chi connectivity index (χ1) is 7.88. The highest BCUT2D eigenvalue weighted by Crippen LogP contribution is 2.51. The summed E-state index contributed by atoms with van der Waals surface area (Å²) in [4.78, 5) is 11.5. The van der Waals surface area contributed by atoms with Crippen LogP contribution in [0.25, 0.3) is 0 Å². The lowest BCUT2D eigenvalue weighted by Gasteiger charge is -2.15. The average molecular weight is 325 g/mol. The van der Waals surface area contributed by atoms with E-state index in [-0.39, 0.29) is 18.8 Å². The van der Waals surface area contributed by atoms with Crippen molar-refractivity contribution in [3.63, 3.8) is 0 Å². The smallest absolute Gasteiger partial charge is 0.303 e. The Morgan fingerprint density at radius 3 is 2.82 bits per heavy atom. The van der Waals surface area contributed by atoms with Crippen molar-refractivity contribution in [1.29, 1.82) is 0 Å². The van der Waals surface area contributed by atoms with Crippen molar-refractivity contribution in [3.8, 4) is 0 Å². The zero-order chi connectivity index (χ0) is 12.6. The van der Waals surface area contributed by atoms with Gasteiger partial charge in [0.15, 0.2) is 0 Å². The Labute approximate surface area is 110 Å². The molecule has 2 atom stereocenters. The van der Waals surface area contributed by atoms with E-state index in [1.165, 1.54) is 11.3 Å². The van der Waals surface area contributed by atoms with E-state index in [4.69, 9.17) is 5.11 Å². The second-order valence-electron chi connectivity index (χ2n) is 4.33. The van der Waals surface area contributed by atoms with Gasteiger partial charge in [0.25, 0.3) is 5.92 Å². The predicted octanol–water partition coefficient (Wildman–Crippen LogP) is 4.11. The second kappa shape index (κ2) is 4.65. The van der Waals surface area contributed by atoms with Crippen molar-refractivity contribution in [2.45, 2.75) is 31.1 Å². The molecule has 2 unspecified atom stereocenters. The predicted molar refractivity (Wildman–Crippen MR) is 64.7 cm³/mol. The Bertz CT molecular complexity index is 433. The van der Waals surface area contributed by atoms with Gasteiger partial charge in [0.1, 0.15) is 0 Å². The summed E-state index contributed by atoms with van der Waals surface area (Å²) < 4.78 is 28.2. The third-order valence-corrected chi connectivity index (χ3v) is 4.89. The number of carboxylic acids is 1. The van der Waals surface area contributed by atoms with Gasteiger partial charge < -0.3 is 5.11 Å². The Hall–Kier alpha value is -0.490. The topological polar surface area (TPSA) is 37.3 Å². The Balaban J connectivity index is 2.12. The van der Waals surface area contributed by atoms with Crippen LogP contribution >= 0.6 is 27.3 Å². The number of carboxylic acid groups (broad SMARTS) is 1. The van der Waals surface area contributed by atoms with Gasteiger partial charge in [0, 0.05) is 17.2 Å². The fourth-order valence-electron chi connectivity index (χ4n) is 2.30. The van der Waals surface area contributed by atoms with Crippen LogP contribution in [-0.2, 0) is 4.79 Å². The number of hydrogen-bond donors (Lipinski definition) is 1. The van der Waals surface area contributed by atoms with Gasteiger partial charge in [-0.15, -0.1) is 11.3 Å². The zero-order valence-electron chi connectivity index (χ0n) is 8.83. The number of thiophene rings is 1. The summed E-state index contributed by atoms with van der Waals surface area (Å²) in [6.07, 6.45) is -0.430. The molecule has 1 aromatic heterocycles. The summed E-state index contributed by atoms with van der Waals surface area (Å²) in [5, 5.41) is 8.63. The van der Waals surface area contributed by atoms with Crippen LogP contribution < -0.4 is 0 Å². The summed E-state index contributed by atoms with van der Waals surface area (Å²) in [5.74, 6) is -5.27. The first-order valence-electron chi connectivity index (χ1n) is 5.23. The molecule has 1 heterocycles. The summed E-state index contributed by atoms with van der Waals surface area (Å²) in [7, 11) is 0. The monoisotopic (exact) mass is 324 g/mol. The molecule has 0 amide bonds. The second-order valence-corrected chi connectivity index (χ2v) is 6.83. The third kappa shape index (κ3) is 2.85. The van der Waals surface area contributed by atoms with Gasteiger partial charge in [0.05, 0.1) is 10.2 Å². The molecule has 1 aliphatic rings. The maximum atomic E-state index is 13.6. The molecule has 1 aromatic rings. The van der Waals surface area contributed by atoms with Gasteiger partial charge in [-0.2, -0.15) is 0 Å². The summed E-state index contributed by atoms with van der Waals surface area (Å²) in [6.45, 7) is 0. The Morgan fingerprint density at radius 2 is 2.29 bits per heavy atom. The van der Waals surface area contributed by atoms with E-state index in [9.17, 15) is 13.6 Å². The van der Waals surface area contributed by atoms with E-state index >= 15 is 0 Å². The molecule has 1 N–H and O–H groups in total. The zero-order valence-corrected chi connectivity index (χ0v) is 11.2.